The minimum absolute atomic E-state index is 0.0856. The molecule has 0 spiro atoms. The highest BCUT2D eigenvalue weighted by Crippen LogP contribution is 2.30. The van der Waals surface area contributed by atoms with E-state index in [9.17, 15) is 8.42 Å². The molecule has 1 atom stereocenters. The van der Waals surface area contributed by atoms with Gasteiger partial charge in [0.15, 0.2) is 11.5 Å². The minimum atomic E-state index is -4.31. The lowest BCUT2D eigenvalue weighted by atomic mass is 10.1. The van der Waals surface area contributed by atoms with E-state index in [0.29, 0.717) is 6.26 Å². The van der Waals surface area contributed by atoms with Gasteiger partial charge in [-0.3, -0.25) is 0 Å². The molecule has 1 aromatic carbocycles. The SMILES string of the molecule is [2H]C([2H])([2H])Oc1ccc([C@]([2H])(N)C([2H])([2H])S(C)(=O)=O)cc1OCC. The van der Waals surface area contributed by atoms with Crippen molar-refractivity contribution in [1.29, 1.82) is 0 Å². The molecule has 6 heteroatoms. The van der Waals surface area contributed by atoms with Crippen molar-refractivity contribution in [2.45, 2.75) is 12.9 Å². The molecular formula is C12H19NO4S. The van der Waals surface area contributed by atoms with E-state index in [4.69, 9.17) is 23.4 Å². The summed E-state index contributed by atoms with van der Waals surface area (Å²) in [6.07, 6.45) is 0.638. The zero-order chi connectivity index (χ0) is 19.0. The van der Waals surface area contributed by atoms with Crippen LogP contribution in [-0.4, -0.2) is 34.0 Å². The van der Waals surface area contributed by atoms with E-state index < -0.39 is 28.6 Å². The Morgan fingerprint density at radius 2 is 2.28 bits per heavy atom. The van der Waals surface area contributed by atoms with Crippen LogP contribution in [0.15, 0.2) is 18.2 Å². The number of sulfone groups is 1. The Bertz CT molecular complexity index is 702. The average Bonchev–Trinajstić information content (AvgIpc) is 2.37. The van der Waals surface area contributed by atoms with Crippen molar-refractivity contribution in [1.82, 2.24) is 0 Å². The highest BCUT2D eigenvalue weighted by Gasteiger charge is 2.15. The van der Waals surface area contributed by atoms with E-state index in [-0.39, 0.29) is 23.7 Å². The number of hydrogen-bond donors (Lipinski definition) is 1. The summed E-state index contributed by atoms with van der Waals surface area (Å²) in [5.41, 5.74) is 2.35. The van der Waals surface area contributed by atoms with E-state index >= 15 is 0 Å². The molecule has 0 radical (unpaired) electrons. The fraction of sp³-hybridized carbons (Fsp3) is 0.500. The van der Waals surface area contributed by atoms with Crippen molar-refractivity contribution >= 4 is 9.84 Å². The Morgan fingerprint density at radius 3 is 2.83 bits per heavy atom. The Morgan fingerprint density at radius 1 is 1.56 bits per heavy atom. The summed E-state index contributed by atoms with van der Waals surface area (Å²) >= 11 is 0. The average molecular weight is 279 g/mol. The summed E-state index contributed by atoms with van der Waals surface area (Å²) in [6, 6.07) is 0.715. The van der Waals surface area contributed by atoms with Crippen molar-refractivity contribution in [3.8, 4) is 11.5 Å². The van der Waals surface area contributed by atoms with Gasteiger partial charge in [0.05, 0.1) is 24.8 Å². The molecule has 102 valence electrons. The summed E-state index contributed by atoms with van der Waals surface area (Å²) in [5.74, 6) is -0.242. The van der Waals surface area contributed by atoms with Gasteiger partial charge < -0.3 is 15.2 Å². The van der Waals surface area contributed by atoms with Gasteiger partial charge in [0.2, 0.25) is 0 Å². The van der Waals surface area contributed by atoms with Crippen molar-refractivity contribution in [3.05, 3.63) is 23.8 Å². The van der Waals surface area contributed by atoms with Gasteiger partial charge in [-0.2, -0.15) is 0 Å². The topological polar surface area (TPSA) is 78.6 Å². The van der Waals surface area contributed by atoms with Crippen molar-refractivity contribution in [2.24, 2.45) is 5.73 Å². The molecular weight excluding hydrogens is 254 g/mol. The number of benzene rings is 1. The molecule has 5 nitrogen and oxygen atoms in total. The summed E-state index contributed by atoms with van der Waals surface area (Å²) in [7, 11) is -7.05. The largest absolute Gasteiger partial charge is 0.493 e. The molecule has 0 saturated heterocycles. The quantitative estimate of drug-likeness (QED) is 0.844. The number of hydrogen-bond acceptors (Lipinski definition) is 5. The molecule has 0 bridgehead atoms. The molecule has 0 amide bonds. The summed E-state index contributed by atoms with van der Waals surface area (Å²) in [5, 5.41) is 0. The Labute approximate surface area is 116 Å². The lowest BCUT2D eigenvalue weighted by Crippen LogP contribution is -2.20. The summed E-state index contributed by atoms with van der Waals surface area (Å²) in [6.45, 7) is 1.76. The van der Waals surface area contributed by atoms with Gasteiger partial charge in [0, 0.05) is 15.0 Å². The molecule has 0 saturated carbocycles. The van der Waals surface area contributed by atoms with Gasteiger partial charge in [-0.15, -0.1) is 0 Å². The van der Waals surface area contributed by atoms with Gasteiger partial charge in [0.25, 0.3) is 0 Å². The van der Waals surface area contributed by atoms with Crippen LogP contribution in [0.25, 0.3) is 0 Å². The van der Waals surface area contributed by atoms with Crippen LogP contribution in [0.4, 0.5) is 0 Å². The molecule has 0 aliphatic heterocycles. The van der Waals surface area contributed by atoms with E-state index in [0.717, 1.165) is 18.2 Å². The fourth-order valence-corrected chi connectivity index (χ4v) is 1.80. The van der Waals surface area contributed by atoms with Crippen LogP contribution in [0, 0.1) is 0 Å². The standard InChI is InChI=1S/C12H19NO4S/c1-4-17-12-7-9(5-6-11(12)16-2)10(13)8-18(3,14)15/h5-7,10H,4,8,13H2,1-3H3/t10-/m1/s1/i2D3,8D2,10D. The molecule has 0 heterocycles. The van der Waals surface area contributed by atoms with E-state index in [1.54, 1.807) is 6.92 Å². The predicted octanol–water partition coefficient (Wildman–Crippen LogP) is 1.14. The Balaban J connectivity index is 3.43. The lowest BCUT2D eigenvalue weighted by molar-refractivity contribution is 0.310. The van der Waals surface area contributed by atoms with Crippen LogP contribution < -0.4 is 15.2 Å². The van der Waals surface area contributed by atoms with Crippen LogP contribution in [0.3, 0.4) is 0 Å². The zero-order valence-corrected chi connectivity index (χ0v) is 10.9. The van der Waals surface area contributed by atoms with E-state index in [1.165, 1.54) is 0 Å². The Hall–Kier alpha value is -1.27. The third-order valence-electron chi connectivity index (χ3n) is 1.96. The third kappa shape index (κ3) is 4.19. The first kappa shape index (κ1) is 8.01. The molecule has 0 aliphatic carbocycles. The normalized spacial score (nSPS) is 21.3. The Kier molecular flexibility index (Phi) is 2.70. The first-order chi connectivity index (χ1) is 10.6. The predicted molar refractivity (Wildman–Crippen MR) is 70.8 cm³/mol. The zero-order valence-electron chi connectivity index (χ0n) is 16.1. The number of nitrogens with two attached hydrogens (primary N) is 1. The molecule has 0 unspecified atom stereocenters. The first-order valence-electron chi connectivity index (χ1n) is 8.08. The monoisotopic (exact) mass is 279 g/mol. The van der Waals surface area contributed by atoms with Gasteiger partial charge in [-0.1, -0.05) is 6.07 Å². The van der Waals surface area contributed by atoms with Crippen molar-refractivity contribution in [3.63, 3.8) is 0 Å². The second kappa shape index (κ2) is 6.06. The van der Waals surface area contributed by atoms with Gasteiger partial charge >= 0.3 is 0 Å². The van der Waals surface area contributed by atoms with Crippen LogP contribution in [-0.2, 0) is 9.84 Å². The molecule has 0 aliphatic rings. The van der Waals surface area contributed by atoms with Gasteiger partial charge in [0.1, 0.15) is 9.84 Å². The maximum atomic E-state index is 11.6. The van der Waals surface area contributed by atoms with Gasteiger partial charge in [-0.05, 0) is 24.6 Å². The van der Waals surface area contributed by atoms with Crippen molar-refractivity contribution in [2.75, 3.05) is 25.6 Å². The minimum Gasteiger partial charge on any atom is -0.493 e. The first-order valence-corrected chi connectivity index (χ1v) is 6.97. The second-order valence-electron chi connectivity index (χ2n) is 3.48. The lowest BCUT2D eigenvalue weighted by Gasteiger charge is -2.15. The van der Waals surface area contributed by atoms with Crippen LogP contribution in [0.2, 0.25) is 0 Å². The third-order valence-corrected chi connectivity index (χ3v) is 2.55. The van der Waals surface area contributed by atoms with Crippen LogP contribution in [0.1, 0.15) is 26.7 Å². The number of ether oxygens (including phenoxy) is 2. The highest BCUT2D eigenvalue weighted by atomic mass is 32.2. The summed E-state index contributed by atoms with van der Waals surface area (Å²) in [4.78, 5) is 0. The molecule has 0 aromatic heterocycles. The molecule has 0 fully saturated rings. The molecule has 18 heavy (non-hydrogen) atoms. The van der Waals surface area contributed by atoms with Crippen molar-refractivity contribution < 1.29 is 26.1 Å². The van der Waals surface area contributed by atoms with Crippen LogP contribution in [0.5, 0.6) is 11.5 Å². The van der Waals surface area contributed by atoms with E-state index in [2.05, 4.69) is 0 Å². The highest BCUT2D eigenvalue weighted by molar-refractivity contribution is 7.90. The maximum Gasteiger partial charge on any atom is 0.161 e. The molecule has 1 rings (SSSR count). The summed E-state index contributed by atoms with van der Waals surface area (Å²) < 4.78 is 78.0. The molecule has 1 aromatic rings. The number of rotatable bonds is 6. The van der Waals surface area contributed by atoms with Crippen LogP contribution >= 0.6 is 0 Å². The van der Waals surface area contributed by atoms with E-state index in [1.807, 2.05) is 0 Å². The number of methoxy groups -OCH3 is 1. The van der Waals surface area contributed by atoms with Gasteiger partial charge in [-0.25, -0.2) is 8.42 Å². The fourth-order valence-electron chi connectivity index (χ4n) is 1.29. The molecule has 2 N–H and O–H groups in total. The maximum absolute atomic E-state index is 11.6. The smallest absolute Gasteiger partial charge is 0.161 e. The second-order valence-corrected chi connectivity index (χ2v) is 5.23.